The molecule has 2 atom stereocenters. The number of ether oxygens (including phenoxy) is 1. The first-order valence-corrected chi connectivity index (χ1v) is 13.9. The van der Waals surface area contributed by atoms with Crippen LogP contribution in [0.5, 0.6) is 0 Å². The van der Waals surface area contributed by atoms with Crippen LogP contribution in [0.1, 0.15) is 65.0 Å². The zero-order chi connectivity index (χ0) is 29.2. The average molecular weight is 545 g/mol. The van der Waals surface area contributed by atoms with Crippen molar-refractivity contribution in [1.82, 2.24) is 0 Å². The Kier molecular flexibility index (Phi) is 9.81. The van der Waals surface area contributed by atoms with Crippen molar-refractivity contribution < 1.29 is 19.1 Å². The van der Waals surface area contributed by atoms with E-state index in [1.54, 1.807) is 48.5 Å². The highest BCUT2D eigenvalue weighted by Crippen LogP contribution is 2.40. The second-order valence-corrected chi connectivity index (χ2v) is 11.1. The molecule has 0 spiro atoms. The molecule has 0 N–H and O–H groups in total. The number of benzene rings is 4. The normalized spacial score (nSPS) is 13.1. The molecule has 0 aromatic heterocycles. The molecule has 4 rings (SSSR count). The molecule has 0 aliphatic rings. The maximum atomic E-state index is 14.3. The van der Waals surface area contributed by atoms with Crippen molar-refractivity contribution in [1.29, 1.82) is 0 Å². The Bertz CT molecular complexity index is 1400. The van der Waals surface area contributed by atoms with Gasteiger partial charge in [0.2, 0.25) is 0 Å². The summed E-state index contributed by atoms with van der Waals surface area (Å²) in [7, 11) is 0. The van der Waals surface area contributed by atoms with Gasteiger partial charge in [-0.2, -0.15) is 0 Å². The van der Waals surface area contributed by atoms with Crippen LogP contribution in [0.3, 0.4) is 0 Å². The van der Waals surface area contributed by atoms with Gasteiger partial charge in [0.15, 0.2) is 11.6 Å². The van der Waals surface area contributed by atoms with Gasteiger partial charge in [0.1, 0.15) is 5.60 Å². The van der Waals surface area contributed by atoms with Gasteiger partial charge in [-0.25, -0.2) is 0 Å². The van der Waals surface area contributed by atoms with Crippen LogP contribution >= 0.6 is 0 Å². The van der Waals surface area contributed by atoms with E-state index >= 15 is 0 Å². The smallest absolute Gasteiger partial charge is 0.310 e. The molecule has 0 aliphatic heterocycles. The van der Waals surface area contributed by atoms with Crippen LogP contribution in [-0.2, 0) is 9.53 Å². The molecular formula is C37H36O4. The predicted molar refractivity (Wildman–Crippen MR) is 164 cm³/mol. The van der Waals surface area contributed by atoms with E-state index < -0.39 is 29.3 Å². The lowest BCUT2D eigenvalue weighted by Gasteiger charge is -2.33. The lowest BCUT2D eigenvalue weighted by atomic mass is 9.70. The summed E-state index contributed by atoms with van der Waals surface area (Å²) in [6.45, 7) is 5.46. The Morgan fingerprint density at radius 2 is 1.10 bits per heavy atom. The summed E-state index contributed by atoms with van der Waals surface area (Å²) in [5, 5.41) is 0. The molecule has 4 aromatic rings. The molecule has 0 heterocycles. The number of carbonyl (C=O) groups is 3. The largest absolute Gasteiger partial charge is 0.460 e. The van der Waals surface area contributed by atoms with Crippen LogP contribution in [0, 0.1) is 11.8 Å². The van der Waals surface area contributed by atoms with Gasteiger partial charge in [-0.1, -0.05) is 133 Å². The zero-order valence-corrected chi connectivity index (χ0v) is 23.8. The molecule has 4 aromatic carbocycles. The number of ketones is 2. The quantitative estimate of drug-likeness (QED) is 0.108. The van der Waals surface area contributed by atoms with Crippen molar-refractivity contribution in [3.8, 4) is 0 Å². The molecule has 208 valence electrons. The summed E-state index contributed by atoms with van der Waals surface area (Å²) in [4.78, 5) is 42.5. The second-order valence-electron chi connectivity index (χ2n) is 11.1. The molecule has 0 aliphatic carbocycles. The molecule has 0 unspecified atom stereocenters. The van der Waals surface area contributed by atoms with Crippen LogP contribution in [0.4, 0.5) is 0 Å². The van der Waals surface area contributed by atoms with Gasteiger partial charge in [-0.05, 0) is 38.3 Å². The van der Waals surface area contributed by atoms with E-state index in [1.165, 1.54) is 0 Å². The lowest BCUT2D eigenvalue weighted by molar-refractivity contribution is -0.161. The van der Waals surface area contributed by atoms with Gasteiger partial charge in [-0.15, -0.1) is 0 Å². The summed E-state index contributed by atoms with van der Waals surface area (Å²) in [6, 6.07) is 36.8. The Balaban J connectivity index is 1.88. The number of hydrogen-bond donors (Lipinski definition) is 0. The molecule has 4 heteroatoms. The molecule has 41 heavy (non-hydrogen) atoms. The first kappa shape index (κ1) is 29.4. The van der Waals surface area contributed by atoms with Gasteiger partial charge in [-0.3, -0.25) is 14.4 Å². The van der Waals surface area contributed by atoms with Crippen LogP contribution < -0.4 is 0 Å². The molecule has 0 saturated heterocycles. The minimum absolute atomic E-state index is 0.282. The Labute approximate surface area is 242 Å². The molecular weight excluding hydrogens is 508 g/mol. The molecule has 0 bridgehead atoms. The van der Waals surface area contributed by atoms with Crippen molar-refractivity contribution in [2.45, 2.75) is 38.7 Å². The van der Waals surface area contributed by atoms with Gasteiger partial charge in [0, 0.05) is 17.0 Å². The van der Waals surface area contributed by atoms with Crippen molar-refractivity contribution in [2.24, 2.45) is 11.8 Å². The van der Waals surface area contributed by atoms with Gasteiger partial charge in [0.25, 0.3) is 0 Å². The molecule has 0 amide bonds. The van der Waals surface area contributed by atoms with E-state index in [0.717, 1.165) is 11.1 Å². The van der Waals surface area contributed by atoms with Crippen LogP contribution in [0.25, 0.3) is 6.08 Å². The summed E-state index contributed by atoms with van der Waals surface area (Å²) in [5.41, 5.74) is 1.82. The number of allylic oxidation sites excluding steroid dienone is 1. The lowest BCUT2D eigenvalue weighted by Crippen LogP contribution is -2.39. The Morgan fingerprint density at radius 3 is 1.56 bits per heavy atom. The first-order valence-electron chi connectivity index (χ1n) is 13.9. The standard InChI is InChI=1S/C37H36O4/c1-37(2,3)41-36(40)31(26-16-19-27-17-8-4-9-18-27)32(28-20-10-5-11-21-28)33(34(38)29-22-12-6-13-23-29)35(39)30-24-14-7-15-25-30/h4-25,31-33H,26H2,1-3H3/b19-16+/t31-,32-/m1/s1. The van der Waals surface area contributed by atoms with Gasteiger partial charge < -0.3 is 4.74 Å². The highest BCUT2D eigenvalue weighted by Gasteiger charge is 2.44. The Hall–Kier alpha value is -4.57. The van der Waals surface area contributed by atoms with E-state index in [4.69, 9.17) is 4.74 Å². The van der Waals surface area contributed by atoms with Crippen molar-refractivity contribution in [3.63, 3.8) is 0 Å². The van der Waals surface area contributed by atoms with Crippen molar-refractivity contribution >= 4 is 23.6 Å². The zero-order valence-electron chi connectivity index (χ0n) is 23.8. The first-order chi connectivity index (χ1) is 19.7. The molecule has 4 nitrogen and oxygen atoms in total. The van der Waals surface area contributed by atoms with Crippen molar-refractivity contribution in [2.75, 3.05) is 0 Å². The van der Waals surface area contributed by atoms with Crippen molar-refractivity contribution in [3.05, 3.63) is 150 Å². The monoisotopic (exact) mass is 544 g/mol. The molecule has 0 radical (unpaired) electrons. The fourth-order valence-corrected chi connectivity index (χ4v) is 5.02. The molecule has 0 fully saturated rings. The van der Waals surface area contributed by atoms with Crippen LogP contribution in [0.2, 0.25) is 0 Å². The minimum atomic E-state index is -1.15. The third-order valence-electron chi connectivity index (χ3n) is 6.87. The third kappa shape index (κ3) is 7.98. The fraction of sp³-hybridized carbons (Fsp3) is 0.216. The van der Waals surface area contributed by atoms with E-state index in [1.807, 2.05) is 106 Å². The second kappa shape index (κ2) is 13.7. The minimum Gasteiger partial charge on any atom is -0.460 e. The Morgan fingerprint density at radius 1 is 0.659 bits per heavy atom. The summed E-state index contributed by atoms with van der Waals surface area (Å²) < 4.78 is 5.93. The summed E-state index contributed by atoms with van der Waals surface area (Å²) in [6.07, 6.45) is 4.16. The summed E-state index contributed by atoms with van der Waals surface area (Å²) >= 11 is 0. The van der Waals surface area contributed by atoms with E-state index in [2.05, 4.69) is 0 Å². The topological polar surface area (TPSA) is 60.4 Å². The van der Waals surface area contributed by atoms with Crippen LogP contribution in [0.15, 0.2) is 127 Å². The maximum absolute atomic E-state index is 14.3. The number of esters is 1. The predicted octanol–water partition coefficient (Wildman–Crippen LogP) is 8.21. The van der Waals surface area contributed by atoms with E-state index in [9.17, 15) is 14.4 Å². The number of carbonyl (C=O) groups excluding carboxylic acids is 3. The SMILES string of the molecule is CC(C)(C)OC(=O)[C@H](C/C=C/c1ccccc1)[C@@H](c1ccccc1)C(C(=O)c1ccccc1)C(=O)c1ccccc1. The maximum Gasteiger partial charge on any atom is 0.310 e. The van der Waals surface area contributed by atoms with E-state index in [-0.39, 0.29) is 18.0 Å². The summed E-state index contributed by atoms with van der Waals surface area (Å²) in [5.74, 6) is -3.82. The van der Waals surface area contributed by atoms with E-state index in [0.29, 0.717) is 11.1 Å². The average Bonchev–Trinajstić information content (AvgIpc) is 2.99. The number of Topliss-reactive ketones (excluding diaryl/α,β-unsaturated/α-hetero) is 2. The highest BCUT2D eigenvalue weighted by molar-refractivity contribution is 6.17. The number of rotatable bonds is 11. The fourth-order valence-electron chi connectivity index (χ4n) is 5.02. The van der Waals surface area contributed by atoms with Gasteiger partial charge in [0.05, 0.1) is 11.8 Å². The van der Waals surface area contributed by atoms with Gasteiger partial charge >= 0.3 is 5.97 Å². The third-order valence-corrected chi connectivity index (χ3v) is 6.87. The number of hydrogen-bond acceptors (Lipinski definition) is 4. The highest BCUT2D eigenvalue weighted by atomic mass is 16.6. The van der Waals surface area contributed by atoms with Crippen LogP contribution in [-0.4, -0.2) is 23.1 Å². The molecule has 0 saturated carbocycles.